The van der Waals surface area contributed by atoms with Crippen LogP contribution in [0.2, 0.25) is 0 Å². The molecule has 2 aromatic heterocycles. The Labute approximate surface area is 247 Å². The van der Waals surface area contributed by atoms with E-state index in [4.69, 9.17) is 10.6 Å². The summed E-state index contributed by atoms with van der Waals surface area (Å²) >= 11 is 0. The molecule has 0 aliphatic rings. The number of aryl methyl sites for hydroxylation is 1. The number of allylic oxidation sites excluding steroid dienone is 4. The lowest BCUT2D eigenvalue weighted by Gasteiger charge is -2.17. The van der Waals surface area contributed by atoms with Crippen LogP contribution in [0.15, 0.2) is 77.6 Å². The summed E-state index contributed by atoms with van der Waals surface area (Å²) in [7, 11) is 3.44. The number of alkyl halides is 5. The van der Waals surface area contributed by atoms with Gasteiger partial charge in [0, 0.05) is 57.2 Å². The molecule has 13 heteroatoms. The van der Waals surface area contributed by atoms with E-state index >= 15 is 0 Å². The van der Waals surface area contributed by atoms with Crippen molar-refractivity contribution in [2.75, 3.05) is 25.6 Å². The minimum Gasteiger partial charge on any atom is -0.457 e. The van der Waals surface area contributed by atoms with E-state index in [0.29, 0.717) is 29.8 Å². The van der Waals surface area contributed by atoms with Crippen LogP contribution in [-0.2, 0) is 7.05 Å². The molecule has 0 aliphatic carbocycles. The number of rotatable bonds is 11. The maximum Gasteiger partial charge on any atom is 0.273 e. The predicted octanol–water partition coefficient (Wildman–Crippen LogP) is 6.64. The Hall–Kier alpha value is -4.70. The summed E-state index contributed by atoms with van der Waals surface area (Å²) in [4.78, 5) is 12.9. The fraction of sp³-hybridized carbons (Fsp3) is 0.300. The average molecular weight is 604 g/mol. The van der Waals surface area contributed by atoms with E-state index < -0.39 is 25.4 Å². The summed E-state index contributed by atoms with van der Waals surface area (Å²) in [5.74, 6) is 6.37. The molecule has 0 aliphatic heterocycles. The van der Waals surface area contributed by atoms with Gasteiger partial charge in [-0.3, -0.25) is 14.4 Å². The van der Waals surface area contributed by atoms with Gasteiger partial charge in [0.1, 0.15) is 17.2 Å². The van der Waals surface area contributed by atoms with Crippen molar-refractivity contribution in [3.8, 4) is 23.8 Å². The van der Waals surface area contributed by atoms with Crippen LogP contribution in [0.25, 0.3) is 11.0 Å². The molecule has 0 fully saturated rings. The Morgan fingerprint density at radius 1 is 1.28 bits per heavy atom. The van der Waals surface area contributed by atoms with Gasteiger partial charge in [-0.1, -0.05) is 18.1 Å². The van der Waals surface area contributed by atoms with Crippen molar-refractivity contribution in [3.05, 3.63) is 78.3 Å². The fourth-order valence-electron chi connectivity index (χ4n) is 3.44. The first kappa shape index (κ1) is 34.5. The van der Waals surface area contributed by atoms with Gasteiger partial charge >= 0.3 is 0 Å². The second-order valence-corrected chi connectivity index (χ2v) is 8.95. The third-order valence-electron chi connectivity index (χ3n) is 5.70. The number of nitrogens with two attached hydrogens (primary N) is 1. The van der Waals surface area contributed by atoms with Gasteiger partial charge in [-0.05, 0) is 44.2 Å². The van der Waals surface area contributed by atoms with Crippen LogP contribution in [0.5, 0.6) is 11.5 Å². The maximum atomic E-state index is 13.9. The van der Waals surface area contributed by atoms with Gasteiger partial charge in [0.25, 0.3) is 12.3 Å². The quantitative estimate of drug-likeness (QED) is 0.0486. The average Bonchev–Trinajstić information content (AvgIpc) is 3.26. The molecule has 0 radical (unpaired) electrons. The number of hydrazine groups is 1. The van der Waals surface area contributed by atoms with E-state index in [1.807, 2.05) is 54.8 Å². The van der Waals surface area contributed by atoms with Crippen molar-refractivity contribution in [2.24, 2.45) is 17.9 Å². The van der Waals surface area contributed by atoms with Crippen molar-refractivity contribution in [1.29, 1.82) is 0 Å². The SMILES string of the molecule is C#C/C=C/C(F)F.C/C=C\CNc1nc2cc(Oc3ccnc(C(=N/C=C(\C)C(F)(F)CCF)N(C)N)c3)ccc2n1C. The second kappa shape index (κ2) is 16.7. The number of terminal acetylenes is 1. The summed E-state index contributed by atoms with van der Waals surface area (Å²) in [5.41, 5.74) is 1.62. The van der Waals surface area contributed by atoms with Crippen molar-refractivity contribution in [2.45, 2.75) is 32.6 Å². The van der Waals surface area contributed by atoms with Crippen LogP contribution in [0.3, 0.4) is 0 Å². The highest BCUT2D eigenvalue weighted by Gasteiger charge is 2.30. The Kier molecular flexibility index (Phi) is 13.4. The minimum atomic E-state index is -3.30. The first-order valence-electron chi connectivity index (χ1n) is 13.0. The molecule has 0 saturated heterocycles. The van der Waals surface area contributed by atoms with Gasteiger partial charge in [-0.15, -0.1) is 6.42 Å². The Balaban J connectivity index is 0.000000821. The molecule has 0 unspecified atom stereocenters. The smallest absolute Gasteiger partial charge is 0.273 e. The molecule has 8 nitrogen and oxygen atoms in total. The topological polar surface area (TPSA) is 93.6 Å². The van der Waals surface area contributed by atoms with Crippen LogP contribution in [0, 0.1) is 12.3 Å². The number of aromatic nitrogens is 3. The number of nitrogens with one attached hydrogen (secondary N) is 1. The molecule has 0 bridgehead atoms. The predicted molar refractivity (Wildman–Crippen MR) is 160 cm³/mol. The summed E-state index contributed by atoms with van der Waals surface area (Å²) in [5, 5.41) is 4.41. The molecular weight excluding hydrogens is 569 g/mol. The van der Waals surface area contributed by atoms with Crippen LogP contribution < -0.4 is 15.9 Å². The van der Waals surface area contributed by atoms with Crippen molar-refractivity contribution in [1.82, 2.24) is 19.5 Å². The second-order valence-electron chi connectivity index (χ2n) is 8.95. The zero-order valence-corrected chi connectivity index (χ0v) is 24.2. The minimum absolute atomic E-state index is 0.132. The molecule has 3 aromatic rings. The molecule has 0 amide bonds. The Morgan fingerprint density at radius 3 is 2.60 bits per heavy atom. The van der Waals surface area contributed by atoms with Crippen LogP contribution in [-0.4, -0.2) is 58.0 Å². The lowest BCUT2D eigenvalue weighted by atomic mass is 10.1. The Bertz CT molecular complexity index is 1500. The molecule has 3 N–H and O–H groups in total. The van der Waals surface area contributed by atoms with Gasteiger partial charge in [0.15, 0.2) is 5.84 Å². The summed E-state index contributed by atoms with van der Waals surface area (Å²) in [6.07, 6.45) is 9.34. The molecule has 230 valence electrons. The normalized spacial score (nSPS) is 12.5. The van der Waals surface area contributed by atoms with E-state index in [-0.39, 0.29) is 11.4 Å². The summed E-state index contributed by atoms with van der Waals surface area (Å²) in [6.45, 7) is 2.68. The molecule has 1 aromatic carbocycles. The van der Waals surface area contributed by atoms with Gasteiger partial charge in [-0.2, -0.15) is 0 Å². The highest BCUT2D eigenvalue weighted by atomic mass is 19.3. The monoisotopic (exact) mass is 603 g/mol. The van der Waals surface area contributed by atoms with Crippen LogP contribution in [0.4, 0.5) is 27.9 Å². The number of imidazole rings is 1. The number of benzene rings is 1. The number of hydrogen-bond donors (Lipinski definition) is 2. The number of fused-ring (bicyclic) bond motifs is 1. The number of pyridine rings is 1. The van der Waals surface area contributed by atoms with Gasteiger partial charge in [0.2, 0.25) is 5.95 Å². The van der Waals surface area contributed by atoms with E-state index in [1.165, 1.54) is 20.2 Å². The largest absolute Gasteiger partial charge is 0.457 e. The zero-order chi connectivity index (χ0) is 32.0. The summed E-state index contributed by atoms with van der Waals surface area (Å²) in [6, 6.07) is 8.80. The molecule has 3 rings (SSSR count). The summed E-state index contributed by atoms with van der Waals surface area (Å²) < 4.78 is 70.3. The number of nitrogens with zero attached hydrogens (tertiary/aromatic N) is 5. The van der Waals surface area contributed by atoms with E-state index in [9.17, 15) is 22.0 Å². The van der Waals surface area contributed by atoms with Gasteiger partial charge < -0.3 is 14.6 Å². The molecule has 0 atom stereocenters. The van der Waals surface area contributed by atoms with Crippen LogP contribution in [0.1, 0.15) is 26.0 Å². The third kappa shape index (κ3) is 10.6. The zero-order valence-electron chi connectivity index (χ0n) is 24.2. The van der Waals surface area contributed by atoms with E-state index in [0.717, 1.165) is 34.3 Å². The van der Waals surface area contributed by atoms with Crippen molar-refractivity contribution in [3.63, 3.8) is 0 Å². The number of anilines is 1. The number of hydrogen-bond acceptors (Lipinski definition) is 6. The standard InChI is InChI=1S/C25H30F3N7O.C5H4F2/c1-5-6-12-31-24-33-20-14-18(7-8-22(20)34(24)3)36-19-9-13-30-21(15-19)23(35(4)29)32-16-17(2)25(27,28)10-11-26;1-2-3-4-5(6)7/h5-9,13-16H,10-12,29H2,1-4H3,(H,31,33);1,3-5H/b6-5-,17-16+,32-23?;4-3+. The molecule has 0 saturated carbocycles. The fourth-order valence-corrected chi connectivity index (χ4v) is 3.44. The lowest BCUT2D eigenvalue weighted by Crippen LogP contribution is -2.34. The highest BCUT2D eigenvalue weighted by Crippen LogP contribution is 2.29. The highest BCUT2D eigenvalue weighted by molar-refractivity contribution is 5.97. The van der Waals surface area contributed by atoms with Crippen LogP contribution >= 0.6 is 0 Å². The number of ether oxygens (including phenoxy) is 1. The first-order valence-corrected chi connectivity index (χ1v) is 13.0. The number of halogens is 5. The number of aliphatic imine (C=N–C) groups is 1. The first-order chi connectivity index (χ1) is 20.4. The van der Waals surface area contributed by atoms with Crippen molar-refractivity contribution >= 4 is 22.8 Å². The van der Waals surface area contributed by atoms with Gasteiger partial charge in [0.05, 0.1) is 17.7 Å². The lowest BCUT2D eigenvalue weighted by molar-refractivity contribution is 0.0256. The molecule has 0 spiro atoms. The molecule has 2 heterocycles. The number of amidine groups is 1. The van der Waals surface area contributed by atoms with Gasteiger partial charge in [-0.25, -0.2) is 33.4 Å². The van der Waals surface area contributed by atoms with E-state index in [1.54, 1.807) is 12.1 Å². The maximum absolute atomic E-state index is 13.9. The molecule has 43 heavy (non-hydrogen) atoms. The van der Waals surface area contributed by atoms with E-state index in [2.05, 4.69) is 26.7 Å². The third-order valence-corrected chi connectivity index (χ3v) is 5.70. The Morgan fingerprint density at radius 2 is 2.00 bits per heavy atom. The van der Waals surface area contributed by atoms with Crippen molar-refractivity contribution < 1.29 is 26.7 Å². The molecular formula is C30H34F5N7O.